The molecule has 5 nitrogen and oxygen atoms in total. The number of carbonyl (C=O) groups is 1. The smallest absolute Gasteiger partial charge is 0.272 e. The molecular formula is C19H22N4O. The molecule has 1 aromatic heterocycles. The number of rotatable bonds is 2. The fourth-order valence-corrected chi connectivity index (χ4v) is 3.72. The van der Waals surface area contributed by atoms with E-state index in [-0.39, 0.29) is 5.91 Å². The number of carbonyl (C=O) groups excluding carboxylic acids is 1. The van der Waals surface area contributed by atoms with Crippen LogP contribution in [0.2, 0.25) is 0 Å². The van der Waals surface area contributed by atoms with E-state index in [0.29, 0.717) is 17.7 Å². The van der Waals surface area contributed by atoms with Gasteiger partial charge >= 0.3 is 0 Å². The lowest BCUT2D eigenvalue weighted by Gasteiger charge is -2.24. The summed E-state index contributed by atoms with van der Waals surface area (Å²) < 4.78 is 0. The second-order valence-electron chi connectivity index (χ2n) is 6.75. The van der Waals surface area contributed by atoms with Crippen LogP contribution in [0.25, 0.3) is 0 Å². The van der Waals surface area contributed by atoms with Crippen LogP contribution in [0.5, 0.6) is 0 Å². The van der Waals surface area contributed by atoms with Crippen molar-refractivity contribution in [2.75, 3.05) is 18.0 Å². The Bertz CT molecular complexity index is 783. The van der Waals surface area contributed by atoms with Crippen molar-refractivity contribution in [1.29, 1.82) is 0 Å². The minimum Gasteiger partial charge on any atom is -0.337 e. The zero-order chi connectivity index (χ0) is 16.7. The first-order chi connectivity index (χ1) is 11.6. The van der Waals surface area contributed by atoms with Gasteiger partial charge in [0.2, 0.25) is 5.95 Å². The Balaban J connectivity index is 1.72. The molecule has 1 atom stereocenters. The summed E-state index contributed by atoms with van der Waals surface area (Å²) in [5, 5.41) is 0. The number of aromatic nitrogens is 2. The minimum atomic E-state index is 0.0272. The first-order valence-electron chi connectivity index (χ1n) is 8.65. The van der Waals surface area contributed by atoms with E-state index >= 15 is 0 Å². The summed E-state index contributed by atoms with van der Waals surface area (Å²) >= 11 is 0. The Morgan fingerprint density at radius 3 is 2.71 bits per heavy atom. The highest BCUT2D eigenvalue weighted by molar-refractivity contribution is 5.93. The molecule has 5 heteroatoms. The van der Waals surface area contributed by atoms with Crippen molar-refractivity contribution >= 4 is 17.5 Å². The quantitative estimate of drug-likeness (QED) is 0.852. The molecule has 124 valence electrons. The third kappa shape index (κ3) is 2.54. The summed E-state index contributed by atoms with van der Waals surface area (Å²) in [6.45, 7) is 5.77. The Hall–Kier alpha value is -2.43. The Morgan fingerprint density at radius 2 is 1.92 bits per heavy atom. The van der Waals surface area contributed by atoms with Gasteiger partial charge in [-0.25, -0.2) is 9.97 Å². The summed E-state index contributed by atoms with van der Waals surface area (Å²) in [4.78, 5) is 26.0. The first-order valence-corrected chi connectivity index (χ1v) is 8.65. The average molecular weight is 322 g/mol. The molecule has 0 spiro atoms. The molecule has 0 aliphatic carbocycles. The lowest BCUT2D eigenvalue weighted by Crippen LogP contribution is -2.30. The molecule has 0 N–H and O–H groups in total. The molecule has 1 fully saturated rings. The SMILES string of the molecule is Cc1cc(C(=O)N2CCCC2)nc(N2c3ccccc3CC2C)n1. The maximum atomic E-state index is 12.7. The number of hydrogen-bond acceptors (Lipinski definition) is 4. The lowest BCUT2D eigenvalue weighted by atomic mass is 10.1. The molecule has 1 aromatic carbocycles. The zero-order valence-corrected chi connectivity index (χ0v) is 14.2. The van der Waals surface area contributed by atoms with Gasteiger partial charge in [0.1, 0.15) is 5.69 Å². The summed E-state index contributed by atoms with van der Waals surface area (Å²) in [5.41, 5.74) is 3.80. The number of para-hydroxylation sites is 1. The van der Waals surface area contributed by atoms with Crippen LogP contribution in [-0.4, -0.2) is 39.9 Å². The topological polar surface area (TPSA) is 49.3 Å². The second-order valence-corrected chi connectivity index (χ2v) is 6.75. The molecule has 2 aromatic rings. The largest absolute Gasteiger partial charge is 0.337 e. The molecular weight excluding hydrogens is 300 g/mol. The van der Waals surface area contributed by atoms with E-state index in [1.165, 1.54) is 5.56 Å². The van der Waals surface area contributed by atoms with Gasteiger partial charge < -0.3 is 9.80 Å². The number of amides is 1. The van der Waals surface area contributed by atoms with E-state index in [9.17, 15) is 4.79 Å². The highest BCUT2D eigenvalue weighted by Crippen LogP contribution is 2.36. The molecule has 3 heterocycles. The van der Waals surface area contributed by atoms with E-state index in [1.807, 2.05) is 17.9 Å². The van der Waals surface area contributed by atoms with Crippen molar-refractivity contribution in [3.8, 4) is 0 Å². The van der Waals surface area contributed by atoms with Crippen LogP contribution in [0.15, 0.2) is 30.3 Å². The van der Waals surface area contributed by atoms with Crippen molar-refractivity contribution in [3.63, 3.8) is 0 Å². The maximum absolute atomic E-state index is 12.7. The molecule has 0 radical (unpaired) electrons. The van der Waals surface area contributed by atoms with Gasteiger partial charge in [-0.2, -0.15) is 0 Å². The van der Waals surface area contributed by atoms with Gasteiger partial charge in [-0.15, -0.1) is 0 Å². The molecule has 1 unspecified atom stereocenters. The van der Waals surface area contributed by atoms with Crippen LogP contribution < -0.4 is 4.90 Å². The molecule has 4 rings (SSSR count). The summed E-state index contributed by atoms with van der Waals surface area (Å²) in [6, 6.07) is 10.4. The molecule has 2 aliphatic heterocycles. The normalized spacial score (nSPS) is 19.7. The van der Waals surface area contributed by atoms with Gasteiger partial charge in [-0.1, -0.05) is 18.2 Å². The molecule has 24 heavy (non-hydrogen) atoms. The van der Waals surface area contributed by atoms with Crippen molar-refractivity contribution in [3.05, 3.63) is 47.3 Å². The van der Waals surface area contributed by atoms with Crippen LogP contribution in [0, 0.1) is 6.92 Å². The fourth-order valence-electron chi connectivity index (χ4n) is 3.72. The van der Waals surface area contributed by atoms with E-state index in [1.54, 1.807) is 6.07 Å². The average Bonchev–Trinajstić information content (AvgIpc) is 3.20. The van der Waals surface area contributed by atoms with E-state index < -0.39 is 0 Å². The predicted octanol–water partition coefficient (Wildman–Crippen LogP) is 3.10. The van der Waals surface area contributed by atoms with Gasteiger partial charge in [-0.3, -0.25) is 4.79 Å². The third-order valence-corrected chi connectivity index (χ3v) is 4.88. The summed E-state index contributed by atoms with van der Waals surface area (Å²) in [7, 11) is 0. The van der Waals surface area contributed by atoms with E-state index in [2.05, 4.69) is 40.0 Å². The number of aryl methyl sites for hydroxylation is 1. The van der Waals surface area contributed by atoms with Crippen LogP contribution >= 0.6 is 0 Å². The summed E-state index contributed by atoms with van der Waals surface area (Å²) in [5.74, 6) is 0.661. The maximum Gasteiger partial charge on any atom is 0.272 e. The van der Waals surface area contributed by atoms with E-state index in [4.69, 9.17) is 0 Å². The van der Waals surface area contributed by atoms with Crippen LogP contribution in [0.4, 0.5) is 11.6 Å². The predicted molar refractivity (Wildman–Crippen MR) is 93.7 cm³/mol. The van der Waals surface area contributed by atoms with Crippen LogP contribution in [-0.2, 0) is 6.42 Å². The molecule has 0 bridgehead atoms. The number of benzene rings is 1. The lowest BCUT2D eigenvalue weighted by molar-refractivity contribution is 0.0787. The van der Waals surface area contributed by atoms with Gasteiger partial charge in [0.05, 0.1) is 0 Å². The Morgan fingerprint density at radius 1 is 1.17 bits per heavy atom. The molecule has 1 amide bonds. The first kappa shape index (κ1) is 15.1. The van der Waals surface area contributed by atoms with Gasteiger partial charge in [0, 0.05) is 30.5 Å². The molecule has 1 saturated heterocycles. The number of fused-ring (bicyclic) bond motifs is 1. The number of likely N-dealkylation sites (tertiary alicyclic amines) is 1. The van der Waals surface area contributed by atoms with Crippen molar-refractivity contribution in [2.45, 2.75) is 39.2 Å². The fraction of sp³-hybridized carbons (Fsp3) is 0.421. The van der Waals surface area contributed by atoms with Crippen LogP contribution in [0.1, 0.15) is 41.5 Å². The van der Waals surface area contributed by atoms with Gasteiger partial charge in [-0.05, 0) is 50.8 Å². The van der Waals surface area contributed by atoms with Crippen molar-refractivity contribution in [1.82, 2.24) is 14.9 Å². The number of hydrogen-bond donors (Lipinski definition) is 0. The van der Waals surface area contributed by atoms with Crippen LogP contribution in [0.3, 0.4) is 0 Å². The highest BCUT2D eigenvalue weighted by Gasteiger charge is 2.30. The Kier molecular flexibility index (Phi) is 3.71. The standard InChI is InChI=1S/C19H22N4O/c1-13-11-16(18(24)22-9-5-6-10-22)21-19(20-13)23-14(2)12-15-7-3-4-8-17(15)23/h3-4,7-8,11,14H,5-6,9-10,12H2,1-2H3. The number of nitrogens with zero attached hydrogens (tertiary/aromatic N) is 4. The second kappa shape index (κ2) is 5.89. The third-order valence-electron chi connectivity index (χ3n) is 4.88. The van der Waals surface area contributed by atoms with Crippen molar-refractivity contribution < 1.29 is 4.79 Å². The monoisotopic (exact) mass is 322 g/mol. The molecule has 0 saturated carbocycles. The zero-order valence-electron chi connectivity index (χ0n) is 14.2. The molecule has 2 aliphatic rings. The Labute approximate surface area is 142 Å². The number of anilines is 2. The van der Waals surface area contributed by atoms with Gasteiger partial charge in [0.15, 0.2) is 0 Å². The van der Waals surface area contributed by atoms with E-state index in [0.717, 1.165) is 43.7 Å². The highest BCUT2D eigenvalue weighted by atomic mass is 16.2. The van der Waals surface area contributed by atoms with Crippen molar-refractivity contribution in [2.24, 2.45) is 0 Å². The van der Waals surface area contributed by atoms with Gasteiger partial charge in [0.25, 0.3) is 5.91 Å². The minimum absolute atomic E-state index is 0.0272. The summed E-state index contributed by atoms with van der Waals surface area (Å²) in [6.07, 6.45) is 3.14.